The summed E-state index contributed by atoms with van der Waals surface area (Å²) in [4.78, 5) is 13.0. The van der Waals surface area contributed by atoms with E-state index < -0.39 is 49.5 Å². The Labute approximate surface area is 407 Å². The van der Waals surface area contributed by atoms with Gasteiger partial charge < -0.3 is 40.3 Å². The molecule has 378 valence electrons. The number of carbonyl (C=O) groups is 1. The van der Waals surface area contributed by atoms with E-state index in [1.165, 1.54) is 44.9 Å². The normalized spacial score (nSPS) is 20.9. The van der Waals surface area contributed by atoms with Crippen molar-refractivity contribution in [1.29, 1.82) is 0 Å². The minimum Gasteiger partial charge on any atom is -0.394 e. The number of amides is 1. The first-order valence-corrected chi connectivity index (χ1v) is 25.9. The number of nitrogens with one attached hydrogen (secondary N) is 1. The van der Waals surface area contributed by atoms with Crippen molar-refractivity contribution in [2.75, 3.05) is 13.2 Å². The average Bonchev–Trinajstić information content (AvgIpc) is 3.33. The van der Waals surface area contributed by atoms with Crippen LogP contribution >= 0.6 is 0 Å². The highest BCUT2D eigenvalue weighted by molar-refractivity contribution is 5.76. The Morgan fingerprint density at radius 1 is 0.522 bits per heavy atom. The fraction of sp³-hybridized carbons (Fsp3) is 0.603. The molecule has 0 aromatic rings. The molecule has 7 unspecified atom stereocenters. The van der Waals surface area contributed by atoms with E-state index in [2.05, 4.69) is 141 Å². The van der Waals surface area contributed by atoms with Crippen LogP contribution in [0.3, 0.4) is 0 Å². The van der Waals surface area contributed by atoms with Crippen molar-refractivity contribution < 1.29 is 39.8 Å². The van der Waals surface area contributed by atoms with Crippen molar-refractivity contribution in [3.63, 3.8) is 0 Å². The number of ether oxygens (including phenoxy) is 2. The van der Waals surface area contributed by atoms with Crippen LogP contribution in [0, 0.1) is 0 Å². The lowest BCUT2D eigenvalue weighted by Crippen LogP contribution is -2.60. The summed E-state index contributed by atoms with van der Waals surface area (Å²) in [5, 5.41) is 54.2. The van der Waals surface area contributed by atoms with E-state index >= 15 is 0 Å². The third kappa shape index (κ3) is 36.0. The van der Waals surface area contributed by atoms with Gasteiger partial charge in [0.15, 0.2) is 6.29 Å². The van der Waals surface area contributed by atoms with Crippen LogP contribution < -0.4 is 5.32 Å². The van der Waals surface area contributed by atoms with Gasteiger partial charge in [0.1, 0.15) is 24.4 Å². The maximum Gasteiger partial charge on any atom is 0.220 e. The van der Waals surface area contributed by atoms with E-state index in [1.807, 2.05) is 6.08 Å². The minimum absolute atomic E-state index is 0.215. The Bertz CT molecular complexity index is 1500. The summed E-state index contributed by atoms with van der Waals surface area (Å²) in [7, 11) is 0. The topological polar surface area (TPSA) is 149 Å². The molecule has 1 saturated heterocycles. The second-order valence-electron chi connectivity index (χ2n) is 17.2. The minimum atomic E-state index is -1.58. The molecule has 1 amide bonds. The zero-order chi connectivity index (χ0) is 48.7. The van der Waals surface area contributed by atoms with Crippen molar-refractivity contribution in [3.05, 3.63) is 134 Å². The summed E-state index contributed by atoms with van der Waals surface area (Å²) >= 11 is 0. The van der Waals surface area contributed by atoms with Gasteiger partial charge in [-0.2, -0.15) is 0 Å². The summed E-state index contributed by atoms with van der Waals surface area (Å²) in [6.07, 6.45) is 63.7. The molecule has 1 fully saturated rings. The summed E-state index contributed by atoms with van der Waals surface area (Å²) in [5.41, 5.74) is 0. The molecule has 67 heavy (non-hydrogen) atoms. The lowest BCUT2D eigenvalue weighted by atomic mass is 9.99. The fourth-order valence-electron chi connectivity index (χ4n) is 7.12. The Morgan fingerprint density at radius 3 is 1.37 bits per heavy atom. The zero-order valence-corrected chi connectivity index (χ0v) is 41.6. The molecule has 9 nitrogen and oxygen atoms in total. The smallest absolute Gasteiger partial charge is 0.220 e. The summed E-state index contributed by atoms with van der Waals surface area (Å²) in [6, 6.07) is -0.837. The van der Waals surface area contributed by atoms with E-state index in [0.717, 1.165) is 96.3 Å². The number of aliphatic hydroxyl groups excluding tert-OH is 5. The molecule has 6 N–H and O–H groups in total. The predicted molar refractivity (Wildman–Crippen MR) is 280 cm³/mol. The van der Waals surface area contributed by atoms with Crippen LogP contribution in [0.5, 0.6) is 0 Å². The number of hydrogen-bond donors (Lipinski definition) is 6. The SMILES string of the molecule is CC/C=C\C/C=C\C/C=C\C/C=C\C/C=C\C/C=C\C/C=C\C/C=C\C/C=C\C/C=C\CCCCC(=O)NC(COC1OC(CO)C(O)C(O)C1O)C(O)/C=C/CCCCCCCCCCC. The molecule has 1 rings (SSSR count). The summed E-state index contributed by atoms with van der Waals surface area (Å²) < 4.78 is 11.2. The van der Waals surface area contributed by atoms with Crippen molar-refractivity contribution in [3.8, 4) is 0 Å². The van der Waals surface area contributed by atoms with Gasteiger partial charge in [0.25, 0.3) is 0 Å². The number of unbranched alkanes of at least 4 members (excludes halogenated alkanes) is 11. The quantitative estimate of drug-likeness (QED) is 0.0262. The van der Waals surface area contributed by atoms with Crippen LogP contribution in [-0.4, -0.2) is 87.5 Å². The van der Waals surface area contributed by atoms with Gasteiger partial charge in [-0.25, -0.2) is 0 Å². The summed E-state index contributed by atoms with van der Waals surface area (Å²) in [5.74, 6) is -0.228. The molecule has 7 atom stereocenters. The maximum absolute atomic E-state index is 13.0. The first-order chi connectivity index (χ1) is 32.8. The van der Waals surface area contributed by atoms with Crippen molar-refractivity contribution in [2.45, 2.75) is 211 Å². The molecule has 0 spiro atoms. The molecule has 0 aromatic carbocycles. The number of hydrogen-bond acceptors (Lipinski definition) is 8. The molecule has 0 aliphatic carbocycles. The summed E-state index contributed by atoms with van der Waals surface area (Å²) in [6.45, 7) is 3.59. The molecule has 1 aliphatic heterocycles. The van der Waals surface area contributed by atoms with Crippen LogP contribution in [0.25, 0.3) is 0 Å². The number of allylic oxidation sites excluding steroid dienone is 21. The molecule has 0 saturated carbocycles. The number of carbonyl (C=O) groups excluding carboxylic acids is 1. The van der Waals surface area contributed by atoms with Gasteiger partial charge in [-0.1, -0.05) is 199 Å². The van der Waals surface area contributed by atoms with Gasteiger partial charge in [0.05, 0.1) is 25.4 Å². The molecule has 0 radical (unpaired) electrons. The van der Waals surface area contributed by atoms with Gasteiger partial charge in [0, 0.05) is 6.42 Å². The van der Waals surface area contributed by atoms with Crippen LogP contribution in [0.1, 0.15) is 168 Å². The van der Waals surface area contributed by atoms with Crippen molar-refractivity contribution >= 4 is 5.91 Å². The van der Waals surface area contributed by atoms with E-state index in [4.69, 9.17) is 9.47 Å². The first-order valence-electron chi connectivity index (χ1n) is 25.9. The van der Waals surface area contributed by atoms with E-state index in [1.54, 1.807) is 6.08 Å². The number of rotatable bonds is 41. The molecule has 0 aromatic heterocycles. The van der Waals surface area contributed by atoms with Gasteiger partial charge in [-0.05, 0) is 96.3 Å². The highest BCUT2D eigenvalue weighted by Gasteiger charge is 2.44. The molecule has 1 aliphatic rings. The van der Waals surface area contributed by atoms with Crippen LogP contribution in [0.4, 0.5) is 0 Å². The fourth-order valence-corrected chi connectivity index (χ4v) is 7.12. The maximum atomic E-state index is 13.0. The second kappa shape index (κ2) is 46.1. The molecule has 0 bridgehead atoms. The third-order valence-electron chi connectivity index (χ3n) is 11.2. The highest BCUT2D eigenvalue weighted by atomic mass is 16.7. The number of aliphatic hydroxyl groups is 5. The highest BCUT2D eigenvalue weighted by Crippen LogP contribution is 2.22. The lowest BCUT2D eigenvalue weighted by molar-refractivity contribution is -0.302. The van der Waals surface area contributed by atoms with Crippen LogP contribution in [0.15, 0.2) is 134 Å². The standard InChI is InChI=1S/C58H93NO8/c1-3-5-7-9-11-13-15-16-17-18-19-20-21-22-23-24-25-26-27-28-29-30-31-32-33-34-35-36-38-40-42-44-46-48-54(62)59-51(50-66-58-57(65)56(64)55(63)53(49-60)67-58)52(61)47-45-43-41-39-37-14-12-10-8-6-4-2/h5,7,11,13,16-17,19-20,22-23,25-26,28-29,31-32,34-35,38,40,45,47,51-53,55-58,60-61,63-65H,3-4,6,8-10,12,14-15,18,21,24,27,30,33,36-37,39,41-44,46,48-50H2,1-2H3,(H,59,62)/b7-5-,13-11-,17-16-,20-19-,23-22-,26-25-,29-28-,32-31-,35-34-,40-38-,47-45+. The van der Waals surface area contributed by atoms with E-state index in [9.17, 15) is 30.3 Å². The predicted octanol–water partition coefficient (Wildman–Crippen LogP) is 12.2. The molecular formula is C58H93NO8. The first kappa shape index (κ1) is 61.3. The lowest BCUT2D eigenvalue weighted by Gasteiger charge is -2.40. The largest absolute Gasteiger partial charge is 0.394 e. The zero-order valence-electron chi connectivity index (χ0n) is 41.6. The van der Waals surface area contributed by atoms with Gasteiger partial charge in [-0.15, -0.1) is 0 Å². The van der Waals surface area contributed by atoms with Crippen LogP contribution in [0.2, 0.25) is 0 Å². The Morgan fingerprint density at radius 2 is 0.925 bits per heavy atom. The van der Waals surface area contributed by atoms with Gasteiger partial charge in [-0.3, -0.25) is 4.79 Å². The van der Waals surface area contributed by atoms with E-state index in [0.29, 0.717) is 6.42 Å². The molecular weight excluding hydrogens is 839 g/mol. The van der Waals surface area contributed by atoms with Gasteiger partial charge in [0.2, 0.25) is 5.91 Å². The Hall–Kier alpha value is -3.67. The van der Waals surface area contributed by atoms with Crippen LogP contribution in [-0.2, 0) is 14.3 Å². The van der Waals surface area contributed by atoms with Gasteiger partial charge >= 0.3 is 0 Å². The average molecular weight is 932 g/mol. The third-order valence-corrected chi connectivity index (χ3v) is 11.2. The molecule has 1 heterocycles. The molecule has 9 heteroatoms. The van der Waals surface area contributed by atoms with Crippen molar-refractivity contribution in [1.82, 2.24) is 5.32 Å². The Balaban J connectivity index is 2.27. The van der Waals surface area contributed by atoms with Crippen molar-refractivity contribution in [2.24, 2.45) is 0 Å². The Kier molecular flexibility index (Phi) is 42.2. The van der Waals surface area contributed by atoms with E-state index in [-0.39, 0.29) is 18.9 Å². The monoisotopic (exact) mass is 932 g/mol. The second-order valence-corrected chi connectivity index (χ2v) is 17.2.